The molecule has 0 aliphatic carbocycles. The highest BCUT2D eigenvalue weighted by Crippen LogP contribution is 2.33. The predicted octanol–water partition coefficient (Wildman–Crippen LogP) is 3.40. The number of halogens is 3. The van der Waals surface area contributed by atoms with Crippen LogP contribution in [0.1, 0.15) is 26.3 Å². The number of benzene rings is 1. The minimum atomic E-state index is -4.47. The Labute approximate surface area is 171 Å². The molecule has 1 aliphatic rings. The fraction of sp³-hybridized carbons (Fsp3) is 0.450. The molecule has 1 saturated heterocycles. The molecule has 7 nitrogen and oxygen atoms in total. The van der Waals surface area contributed by atoms with E-state index in [1.165, 1.54) is 23.2 Å². The molecule has 2 heterocycles. The summed E-state index contributed by atoms with van der Waals surface area (Å²) in [5, 5.41) is 5.91. The first-order chi connectivity index (χ1) is 13.9. The van der Waals surface area contributed by atoms with Crippen molar-refractivity contribution < 1.29 is 27.5 Å². The SMILES string of the molecule is CC(C)(C)OC(=O)N1CC(NC(=O)CNc2ccnc3ccc(C(F)(F)F)cc23)C1. The second-order valence-corrected chi connectivity index (χ2v) is 8.09. The first kappa shape index (κ1) is 21.7. The van der Waals surface area contributed by atoms with Crippen molar-refractivity contribution in [2.75, 3.05) is 25.0 Å². The van der Waals surface area contributed by atoms with Gasteiger partial charge in [-0.05, 0) is 45.0 Å². The van der Waals surface area contributed by atoms with Gasteiger partial charge in [-0.25, -0.2) is 4.79 Å². The van der Waals surface area contributed by atoms with E-state index in [4.69, 9.17) is 4.74 Å². The second kappa shape index (κ2) is 8.00. The molecule has 30 heavy (non-hydrogen) atoms. The number of ether oxygens (including phenoxy) is 1. The topological polar surface area (TPSA) is 83.6 Å². The Morgan fingerprint density at radius 1 is 1.20 bits per heavy atom. The van der Waals surface area contributed by atoms with Gasteiger partial charge in [0, 0.05) is 30.4 Å². The highest BCUT2D eigenvalue weighted by molar-refractivity contribution is 5.93. The number of carbonyl (C=O) groups excluding carboxylic acids is 2. The minimum absolute atomic E-state index is 0.127. The fourth-order valence-corrected chi connectivity index (χ4v) is 2.98. The van der Waals surface area contributed by atoms with Crippen LogP contribution in [0.4, 0.5) is 23.7 Å². The van der Waals surface area contributed by atoms with Gasteiger partial charge in [0.05, 0.1) is 23.7 Å². The molecular formula is C20H23F3N4O3. The molecule has 0 saturated carbocycles. The molecule has 10 heteroatoms. The fourth-order valence-electron chi connectivity index (χ4n) is 2.98. The summed E-state index contributed by atoms with van der Waals surface area (Å²) in [7, 11) is 0. The molecule has 2 amide bonds. The third-order valence-corrected chi connectivity index (χ3v) is 4.41. The van der Waals surface area contributed by atoms with Crippen molar-refractivity contribution in [3.05, 3.63) is 36.0 Å². The van der Waals surface area contributed by atoms with E-state index in [1.54, 1.807) is 20.8 Å². The summed E-state index contributed by atoms with van der Waals surface area (Å²) >= 11 is 0. The van der Waals surface area contributed by atoms with E-state index in [2.05, 4.69) is 15.6 Å². The highest BCUT2D eigenvalue weighted by Gasteiger charge is 2.34. The maximum absolute atomic E-state index is 13.0. The van der Waals surface area contributed by atoms with Gasteiger partial charge < -0.3 is 20.3 Å². The van der Waals surface area contributed by atoms with Gasteiger partial charge in [-0.2, -0.15) is 13.2 Å². The number of hydrogen-bond acceptors (Lipinski definition) is 5. The van der Waals surface area contributed by atoms with Gasteiger partial charge in [0.2, 0.25) is 5.91 Å². The molecule has 1 aromatic heterocycles. The van der Waals surface area contributed by atoms with Crippen LogP contribution in [0.2, 0.25) is 0 Å². The quantitative estimate of drug-likeness (QED) is 0.786. The van der Waals surface area contributed by atoms with Crippen LogP contribution in [0.15, 0.2) is 30.5 Å². The van der Waals surface area contributed by atoms with Crippen molar-refractivity contribution in [1.29, 1.82) is 0 Å². The molecule has 0 spiro atoms. The average Bonchev–Trinajstić information content (AvgIpc) is 2.59. The third-order valence-electron chi connectivity index (χ3n) is 4.41. The Kier molecular flexibility index (Phi) is 5.78. The van der Waals surface area contributed by atoms with E-state index in [0.717, 1.165) is 12.1 Å². The van der Waals surface area contributed by atoms with E-state index in [9.17, 15) is 22.8 Å². The smallest absolute Gasteiger partial charge is 0.416 e. The largest absolute Gasteiger partial charge is 0.444 e. The van der Waals surface area contributed by atoms with E-state index < -0.39 is 23.4 Å². The summed E-state index contributed by atoms with van der Waals surface area (Å²) in [6.07, 6.45) is -3.45. The minimum Gasteiger partial charge on any atom is -0.444 e. The number of rotatable bonds is 4. The highest BCUT2D eigenvalue weighted by atomic mass is 19.4. The number of hydrogen-bond donors (Lipinski definition) is 2. The van der Waals surface area contributed by atoms with Gasteiger partial charge in [-0.3, -0.25) is 9.78 Å². The Hall–Kier alpha value is -3.04. The molecule has 1 aromatic carbocycles. The maximum Gasteiger partial charge on any atom is 0.416 e. The summed E-state index contributed by atoms with van der Waals surface area (Å²) in [5.74, 6) is -0.333. The molecule has 0 radical (unpaired) electrons. The molecule has 0 unspecified atom stereocenters. The second-order valence-electron chi connectivity index (χ2n) is 8.09. The summed E-state index contributed by atoms with van der Waals surface area (Å²) in [6.45, 7) is 5.88. The number of pyridine rings is 1. The van der Waals surface area contributed by atoms with Crippen molar-refractivity contribution >= 4 is 28.6 Å². The molecule has 0 bridgehead atoms. The summed E-state index contributed by atoms with van der Waals surface area (Å²) in [5.41, 5.74) is -0.605. The molecule has 2 N–H and O–H groups in total. The lowest BCUT2D eigenvalue weighted by atomic mass is 10.1. The van der Waals surface area contributed by atoms with Gasteiger partial charge in [-0.15, -0.1) is 0 Å². The number of nitrogens with one attached hydrogen (secondary N) is 2. The normalized spacial score (nSPS) is 14.9. The Morgan fingerprint density at radius 3 is 2.53 bits per heavy atom. The third kappa shape index (κ3) is 5.31. The monoisotopic (exact) mass is 424 g/mol. The van der Waals surface area contributed by atoms with Crippen LogP contribution in [0.3, 0.4) is 0 Å². The molecule has 1 fully saturated rings. The number of amides is 2. The van der Waals surface area contributed by atoms with Crippen LogP contribution in [-0.2, 0) is 15.7 Å². The zero-order valence-electron chi connectivity index (χ0n) is 16.8. The summed E-state index contributed by atoms with van der Waals surface area (Å²) < 4.78 is 44.2. The number of nitrogens with zero attached hydrogens (tertiary/aromatic N) is 2. The van der Waals surface area contributed by atoms with Crippen molar-refractivity contribution in [2.45, 2.75) is 38.6 Å². The van der Waals surface area contributed by atoms with Crippen molar-refractivity contribution in [2.24, 2.45) is 0 Å². The molecular weight excluding hydrogens is 401 g/mol. The maximum atomic E-state index is 13.0. The lowest BCUT2D eigenvalue weighted by molar-refractivity contribution is -0.137. The first-order valence-corrected chi connectivity index (χ1v) is 9.39. The summed E-state index contributed by atoms with van der Waals surface area (Å²) in [6, 6.07) is 4.59. The number of alkyl halides is 3. The van der Waals surface area contributed by atoms with Gasteiger partial charge >= 0.3 is 12.3 Å². The Bertz CT molecular complexity index is 950. The van der Waals surface area contributed by atoms with Crippen molar-refractivity contribution in [3.63, 3.8) is 0 Å². The van der Waals surface area contributed by atoms with Crippen molar-refractivity contribution in [3.8, 4) is 0 Å². The van der Waals surface area contributed by atoms with Crippen LogP contribution in [0, 0.1) is 0 Å². The zero-order chi connectivity index (χ0) is 22.1. The molecule has 3 rings (SSSR count). The molecule has 0 atom stereocenters. The van der Waals surface area contributed by atoms with Crippen LogP contribution >= 0.6 is 0 Å². The molecule has 1 aliphatic heterocycles. The molecule has 2 aromatic rings. The first-order valence-electron chi connectivity index (χ1n) is 9.39. The van der Waals surface area contributed by atoms with E-state index in [1.807, 2.05) is 0 Å². The van der Waals surface area contributed by atoms with E-state index >= 15 is 0 Å². The van der Waals surface area contributed by atoms with Gasteiger partial charge in [-0.1, -0.05) is 0 Å². The van der Waals surface area contributed by atoms with Crippen LogP contribution in [0.5, 0.6) is 0 Å². The van der Waals surface area contributed by atoms with Crippen LogP contribution in [0.25, 0.3) is 10.9 Å². The van der Waals surface area contributed by atoms with Gasteiger partial charge in [0.25, 0.3) is 0 Å². The summed E-state index contributed by atoms with van der Waals surface area (Å²) in [4.78, 5) is 29.6. The van der Waals surface area contributed by atoms with E-state index in [0.29, 0.717) is 24.3 Å². The number of fused-ring (bicyclic) bond motifs is 1. The molecule has 162 valence electrons. The number of aromatic nitrogens is 1. The van der Waals surface area contributed by atoms with Crippen LogP contribution < -0.4 is 10.6 Å². The van der Waals surface area contributed by atoms with Crippen LogP contribution in [-0.4, -0.2) is 53.2 Å². The number of anilines is 1. The predicted molar refractivity (Wildman–Crippen MR) is 105 cm³/mol. The average molecular weight is 424 g/mol. The zero-order valence-corrected chi connectivity index (χ0v) is 16.8. The Balaban J connectivity index is 1.54. The van der Waals surface area contributed by atoms with E-state index in [-0.39, 0.29) is 23.9 Å². The van der Waals surface area contributed by atoms with Crippen molar-refractivity contribution in [1.82, 2.24) is 15.2 Å². The number of carbonyl (C=O) groups is 2. The lowest BCUT2D eigenvalue weighted by Crippen LogP contribution is -2.62. The number of likely N-dealkylation sites (tertiary alicyclic amines) is 1. The van der Waals surface area contributed by atoms with Gasteiger partial charge in [0.1, 0.15) is 5.60 Å². The lowest BCUT2D eigenvalue weighted by Gasteiger charge is -2.40. The van der Waals surface area contributed by atoms with Gasteiger partial charge in [0.15, 0.2) is 0 Å². The standard InChI is InChI=1S/C20H23F3N4O3/c1-19(2,3)30-18(29)27-10-13(11-27)26-17(28)9-25-16-6-7-24-15-5-4-12(8-14(15)16)20(21,22)23/h4-8,13H,9-11H2,1-3H3,(H,24,25)(H,26,28). The Morgan fingerprint density at radius 2 is 1.90 bits per heavy atom.